The number of aromatic nitrogens is 2. The maximum Gasteiger partial charge on any atom is 0.224 e. The van der Waals surface area contributed by atoms with Crippen LogP contribution < -0.4 is 5.32 Å². The van der Waals surface area contributed by atoms with E-state index in [1.807, 2.05) is 24.3 Å². The molecule has 1 N–H and O–H groups in total. The van der Waals surface area contributed by atoms with E-state index < -0.39 is 0 Å². The summed E-state index contributed by atoms with van der Waals surface area (Å²) in [6.07, 6.45) is 2.09. The Morgan fingerprint density at radius 1 is 1.35 bits per heavy atom. The summed E-state index contributed by atoms with van der Waals surface area (Å²) in [7, 11) is 0. The molecule has 0 amide bonds. The standard InChI is InChI=1S/C12H14ClN3S/c1-8(7-17-2)14-11-9-5-3-4-6-10(9)15-12(13)16-11/h3-6,8H,7H2,1-2H3,(H,14,15,16). The third-order valence-corrected chi connectivity index (χ3v) is 3.38. The predicted molar refractivity (Wildman–Crippen MR) is 76.0 cm³/mol. The molecule has 0 aliphatic carbocycles. The Kier molecular flexibility index (Phi) is 4.07. The van der Waals surface area contributed by atoms with Gasteiger partial charge in [-0.3, -0.25) is 0 Å². The van der Waals surface area contributed by atoms with Gasteiger partial charge in [0.2, 0.25) is 5.28 Å². The Labute approximate surface area is 110 Å². The summed E-state index contributed by atoms with van der Waals surface area (Å²) >= 11 is 7.72. The summed E-state index contributed by atoms with van der Waals surface area (Å²) in [4.78, 5) is 8.46. The summed E-state index contributed by atoms with van der Waals surface area (Å²) in [5, 5.41) is 4.65. The monoisotopic (exact) mass is 267 g/mol. The van der Waals surface area contributed by atoms with E-state index in [0.29, 0.717) is 6.04 Å². The van der Waals surface area contributed by atoms with Crippen LogP contribution in [-0.4, -0.2) is 28.0 Å². The zero-order valence-electron chi connectivity index (χ0n) is 9.77. The van der Waals surface area contributed by atoms with Crippen molar-refractivity contribution in [2.45, 2.75) is 13.0 Å². The number of anilines is 1. The SMILES string of the molecule is CSCC(C)Nc1nc(Cl)nc2ccccc12. The molecule has 2 rings (SSSR count). The molecule has 0 bridgehead atoms. The number of nitrogens with zero attached hydrogens (tertiary/aromatic N) is 2. The molecule has 0 radical (unpaired) electrons. The Balaban J connectivity index is 2.38. The van der Waals surface area contributed by atoms with Gasteiger partial charge in [0.15, 0.2) is 0 Å². The van der Waals surface area contributed by atoms with Crippen LogP contribution in [0.3, 0.4) is 0 Å². The fourth-order valence-electron chi connectivity index (χ4n) is 1.68. The number of hydrogen-bond acceptors (Lipinski definition) is 4. The molecule has 0 saturated heterocycles. The lowest BCUT2D eigenvalue weighted by molar-refractivity contribution is 0.904. The minimum atomic E-state index is 0.280. The lowest BCUT2D eigenvalue weighted by Gasteiger charge is -2.14. The van der Waals surface area contributed by atoms with E-state index in [4.69, 9.17) is 11.6 Å². The van der Waals surface area contributed by atoms with Gasteiger partial charge in [-0.15, -0.1) is 0 Å². The van der Waals surface area contributed by atoms with Crippen LogP contribution >= 0.6 is 23.4 Å². The second-order valence-electron chi connectivity index (χ2n) is 3.86. The van der Waals surface area contributed by atoms with Crippen LogP contribution in [0.2, 0.25) is 5.28 Å². The summed E-state index contributed by atoms with van der Waals surface area (Å²) in [6.45, 7) is 2.13. The number of para-hydroxylation sites is 1. The normalized spacial score (nSPS) is 12.6. The molecule has 1 aromatic heterocycles. The lowest BCUT2D eigenvalue weighted by atomic mass is 10.2. The molecule has 5 heteroatoms. The average molecular weight is 268 g/mol. The number of halogens is 1. The third-order valence-electron chi connectivity index (χ3n) is 2.38. The van der Waals surface area contributed by atoms with E-state index >= 15 is 0 Å². The summed E-state index contributed by atoms with van der Waals surface area (Å²) in [5.74, 6) is 1.83. The summed E-state index contributed by atoms with van der Waals surface area (Å²) in [6, 6.07) is 8.21. The van der Waals surface area contributed by atoms with Crippen molar-refractivity contribution in [1.29, 1.82) is 0 Å². The predicted octanol–water partition coefficient (Wildman–Crippen LogP) is 3.45. The van der Waals surface area contributed by atoms with Crippen LogP contribution in [0.1, 0.15) is 6.92 Å². The summed E-state index contributed by atoms with van der Waals surface area (Å²) in [5.41, 5.74) is 0.867. The fraction of sp³-hybridized carbons (Fsp3) is 0.333. The molecule has 0 aliphatic rings. The molecule has 2 aromatic rings. The molecule has 90 valence electrons. The largest absolute Gasteiger partial charge is 0.366 e. The molecule has 0 aliphatic heterocycles. The average Bonchev–Trinajstić information content (AvgIpc) is 2.29. The zero-order chi connectivity index (χ0) is 12.3. The molecule has 0 saturated carbocycles. The Bertz CT molecular complexity index is 518. The fourth-order valence-corrected chi connectivity index (χ4v) is 2.44. The molecular weight excluding hydrogens is 254 g/mol. The lowest BCUT2D eigenvalue weighted by Crippen LogP contribution is -2.19. The zero-order valence-corrected chi connectivity index (χ0v) is 11.3. The van der Waals surface area contributed by atoms with Gasteiger partial charge in [0.1, 0.15) is 5.82 Å². The van der Waals surface area contributed by atoms with Crippen molar-refractivity contribution in [1.82, 2.24) is 9.97 Å². The van der Waals surface area contributed by atoms with Gasteiger partial charge in [-0.05, 0) is 36.9 Å². The van der Waals surface area contributed by atoms with E-state index in [1.165, 1.54) is 0 Å². The second kappa shape index (κ2) is 5.56. The van der Waals surface area contributed by atoms with E-state index in [-0.39, 0.29) is 5.28 Å². The first-order valence-electron chi connectivity index (χ1n) is 5.38. The van der Waals surface area contributed by atoms with E-state index in [2.05, 4.69) is 28.5 Å². The van der Waals surface area contributed by atoms with Gasteiger partial charge in [-0.25, -0.2) is 9.97 Å². The number of fused-ring (bicyclic) bond motifs is 1. The van der Waals surface area contributed by atoms with Crippen molar-refractivity contribution in [2.75, 3.05) is 17.3 Å². The van der Waals surface area contributed by atoms with Gasteiger partial charge >= 0.3 is 0 Å². The number of thioether (sulfide) groups is 1. The highest BCUT2D eigenvalue weighted by atomic mass is 35.5. The van der Waals surface area contributed by atoms with Crippen molar-refractivity contribution in [3.8, 4) is 0 Å². The third kappa shape index (κ3) is 3.01. The highest BCUT2D eigenvalue weighted by molar-refractivity contribution is 7.98. The van der Waals surface area contributed by atoms with Crippen LogP contribution in [0, 0.1) is 0 Å². The van der Waals surface area contributed by atoms with Gasteiger partial charge in [0.25, 0.3) is 0 Å². The van der Waals surface area contributed by atoms with Gasteiger partial charge in [0, 0.05) is 17.2 Å². The molecule has 17 heavy (non-hydrogen) atoms. The quantitative estimate of drug-likeness (QED) is 0.861. The van der Waals surface area contributed by atoms with Crippen molar-refractivity contribution in [2.24, 2.45) is 0 Å². The molecular formula is C12H14ClN3S. The number of nitrogens with one attached hydrogen (secondary N) is 1. The maximum atomic E-state index is 5.92. The Morgan fingerprint density at radius 3 is 2.88 bits per heavy atom. The topological polar surface area (TPSA) is 37.8 Å². The minimum absolute atomic E-state index is 0.280. The number of rotatable bonds is 4. The van der Waals surface area contributed by atoms with E-state index in [9.17, 15) is 0 Å². The number of benzene rings is 1. The highest BCUT2D eigenvalue weighted by Gasteiger charge is 2.08. The van der Waals surface area contributed by atoms with Crippen LogP contribution in [0.5, 0.6) is 0 Å². The molecule has 3 nitrogen and oxygen atoms in total. The van der Waals surface area contributed by atoms with Crippen molar-refractivity contribution >= 4 is 40.1 Å². The van der Waals surface area contributed by atoms with Gasteiger partial charge < -0.3 is 5.32 Å². The van der Waals surface area contributed by atoms with Crippen LogP contribution in [0.4, 0.5) is 5.82 Å². The molecule has 1 aromatic carbocycles. The first-order chi connectivity index (χ1) is 8.20. The van der Waals surface area contributed by atoms with E-state index in [0.717, 1.165) is 22.5 Å². The Morgan fingerprint density at radius 2 is 2.12 bits per heavy atom. The maximum absolute atomic E-state index is 5.92. The highest BCUT2D eigenvalue weighted by Crippen LogP contribution is 2.22. The first-order valence-corrected chi connectivity index (χ1v) is 7.15. The van der Waals surface area contributed by atoms with E-state index in [1.54, 1.807) is 11.8 Å². The number of hydrogen-bond donors (Lipinski definition) is 1. The van der Waals surface area contributed by atoms with Crippen molar-refractivity contribution < 1.29 is 0 Å². The van der Waals surface area contributed by atoms with Crippen molar-refractivity contribution in [3.05, 3.63) is 29.5 Å². The van der Waals surface area contributed by atoms with Crippen LogP contribution in [0.25, 0.3) is 10.9 Å². The summed E-state index contributed by atoms with van der Waals surface area (Å²) < 4.78 is 0. The van der Waals surface area contributed by atoms with Gasteiger partial charge in [0.05, 0.1) is 5.52 Å². The van der Waals surface area contributed by atoms with Gasteiger partial charge in [-0.2, -0.15) is 11.8 Å². The minimum Gasteiger partial charge on any atom is -0.366 e. The van der Waals surface area contributed by atoms with Crippen LogP contribution in [0.15, 0.2) is 24.3 Å². The van der Waals surface area contributed by atoms with Crippen LogP contribution in [-0.2, 0) is 0 Å². The smallest absolute Gasteiger partial charge is 0.224 e. The second-order valence-corrected chi connectivity index (χ2v) is 5.11. The van der Waals surface area contributed by atoms with Crippen molar-refractivity contribution in [3.63, 3.8) is 0 Å². The molecule has 1 heterocycles. The first kappa shape index (κ1) is 12.5. The molecule has 0 fully saturated rings. The molecule has 1 unspecified atom stereocenters. The Hall–Kier alpha value is -1.00. The molecule has 0 spiro atoms. The van der Waals surface area contributed by atoms with Gasteiger partial charge in [-0.1, -0.05) is 12.1 Å². The molecule has 1 atom stereocenters.